The zero-order valence-corrected chi connectivity index (χ0v) is 14.9. The third kappa shape index (κ3) is 5.26. The van der Waals surface area contributed by atoms with Gasteiger partial charge in [-0.05, 0) is 37.5 Å². The summed E-state index contributed by atoms with van der Waals surface area (Å²) in [6.45, 7) is 3.29. The van der Waals surface area contributed by atoms with Crippen LogP contribution in [0.25, 0.3) is 0 Å². The second kappa shape index (κ2) is 8.92. The summed E-state index contributed by atoms with van der Waals surface area (Å²) in [4.78, 5) is 36.5. The van der Waals surface area contributed by atoms with Crippen LogP contribution in [-0.2, 0) is 16.0 Å². The number of benzene rings is 2. The van der Waals surface area contributed by atoms with Gasteiger partial charge in [-0.1, -0.05) is 48.5 Å². The Bertz CT molecular complexity index is 790. The van der Waals surface area contributed by atoms with Crippen LogP contribution in [0.2, 0.25) is 0 Å². The molecule has 3 amide bonds. The van der Waals surface area contributed by atoms with Crippen LogP contribution < -0.4 is 16.4 Å². The van der Waals surface area contributed by atoms with E-state index in [9.17, 15) is 14.4 Å². The first-order chi connectivity index (χ1) is 12.4. The first-order valence-electron chi connectivity index (χ1n) is 8.39. The van der Waals surface area contributed by atoms with Gasteiger partial charge in [0.2, 0.25) is 11.8 Å². The van der Waals surface area contributed by atoms with E-state index in [0.717, 1.165) is 11.1 Å². The zero-order valence-electron chi connectivity index (χ0n) is 14.9. The largest absolute Gasteiger partial charge is 0.343 e. The molecule has 26 heavy (non-hydrogen) atoms. The molecule has 0 aliphatic rings. The molecule has 0 fully saturated rings. The molecule has 0 saturated heterocycles. The summed E-state index contributed by atoms with van der Waals surface area (Å²) in [5, 5.41) is 4.84. The minimum Gasteiger partial charge on any atom is -0.343 e. The van der Waals surface area contributed by atoms with Gasteiger partial charge in [0.15, 0.2) is 0 Å². The van der Waals surface area contributed by atoms with Crippen LogP contribution in [0.4, 0.5) is 0 Å². The van der Waals surface area contributed by atoms with Crippen molar-refractivity contribution in [3.8, 4) is 0 Å². The van der Waals surface area contributed by atoms with Crippen LogP contribution in [0.1, 0.15) is 28.4 Å². The SMILES string of the molecule is Cc1ccccc1C(=O)NC(=O)[C@H](C)NC(=O)[C@@H](N)Cc1ccccc1. The number of carbonyl (C=O) groups is 3. The lowest BCUT2D eigenvalue weighted by molar-refractivity contribution is -0.128. The maximum Gasteiger partial charge on any atom is 0.258 e. The first-order valence-corrected chi connectivity index (χ1v) is 8.39. The Morgan fingerprint density at radius 3 is 2.23 bits per heavy atom. The smallest absolute Gasteiger partial charge is 0.258 e. The van der Waals surface area contributed by atoms with Crippen molar-refractivity contribution in [2.45, 2.75) is 32.4 Å². The Hall–Kier alpha value is -2.99. The highest BCUT2D eigenvalue weighted by Crippen LogP contribution is 2.06. The maximum atomic E-state index is 12.2. The molecule has 0 unspecified atom stereocenters. The fourth-order valence-electron chi connectivity index (χ4n) is 2.46. The van der Waals surface area contributed by atoms with Gasteiger partial charge in [-0.2, -0.15) is 0 Å². The van der Waals surface area contributed by atoms with E-state index in [4.69, 9.17) is 5.73 Å². The maximum absolute atomic E-state index is 12.2. The number of aryl methyl sites for hydroxylation is 1. The highest BCUT2D eigenvalue weighted by atomic mass is 16.2. The van der Waals surface area contributed by atoms with E-state index < -0.39 is 29.8 Å². The molecular formula is C20H23N3O3. The molecule has 0 radical (unpaired) electrons. The third-order valence-corrected chi connectivity index (χ3v) is 4.01. The van der Waals surface area contributed by atoms with Crippen LogP contribution in [0.3, 0.4) is 0 Å². The standard InChI is InChI=1S/C20H23N3O3/c1-13-8-6-7-11-16(13)19(25)23-18(24)14(2)22-20(26)17(21)12-15-9-4-3-5-10-15/h3-11,14,17H,12,21H2,1-2H3,(H,22,26)(H,23,24,25)/t14-,17-/m0/s1. The topological polar surface area (TPSA) is 101 Å². The van der Waals surface area contributed by atoms with Gasteiger partial charge in [0, 0.05) is 5.56 Å². The predicted molar refractivity (Wildman–Crippen MR) is 99.4 cm³/mol. The van der Waals surface area contributed by atoms with E-state index in [1.165, 1.54) is 6.92 Å². The predicted octanol–water partition coefficient (Wildman–Crippen LogP) is 1.33. The number of rotatable bonds is 6. The summed E-state index contributed by atoms with van der Waals surface area (Å²) in [6.07, 6.45) is 0.364. The monoisotopic (exact) mass is 353 g/mol. The number of hydrogen-bond acceptors (Lipinski definition) is 4. The molecule has 2 rings (SSSR count). The number of nitrogens with two attached hydrogens (primary N) is 1. The molecule has 4 N–H and O–H groups in total. The average Bonchev–Trinajstić information content (AvgIpc) is 2.62. The molecule has 136 valence electrons. The summed E-state index contributed by atoms with van der Waals surface area (Å²) >= 11 is 0. The molecule has 0 heterocycles. The van der Waals surface area contributed by atoms with E-state index in [0.29, 0.717) is 12.0 Å². The lowest BCUT2D eigenvalue weighted by atomic mass is 10.1. The van der Waals surface area contributed by atoms with Crippen molar-refractivity contribution in [3.05, 3.63) is 71.3 Å². The van der Waals surface area contributed by atoms with Crippen molar-refractivity contribution in [2.75, 3.05) is 0 Å². The third-order valence-electron chi connectivity index (χ3n) is 4.01. The highest BCUT2D eigenvalue weighted by molar-refractivity contribution is 6.07. The van der Waals surface area contributed by atoms with Gasteiger partial charge in [-0.15, -0.1) is 0 Å². The van der Waals surface area contributed by atoms with Crippen molar-refractivity contribution in [1.29, 1.82) is 0 Å². The van der Waals surface area contributed by atoms with Crippen molar-refractivity contribution in [2.24, 2.45) is 5.73 Å². The molecule has 0 aliphatic heterocycles. The van der Waals surface area contributed by atoms with E-state index >= 15 is 0 Å². The normalized spacial score (nSPS) is 12.7. The van der Waals surface area contributed by atoms with E-state index in [1.807, 2.05) is 36.4 Å². The van der Waals surface area contributed by atoms with Crippen molar-refractivity contribution in [1.82, 2.24) is 10.6 Å². The van der Waals surface area contributed by atoms with Gasteiger partial charge in [0.25, 0.3) is 5.91 Å². The molecule has 2 atom stereocenters. The molecule has 0 aliphatic carbocycles. The average molecular weight is 353 g/mol. The fraction of sp³-hybridized carbons (Fsp3) is 0.250. The lowest BCUT2D eigenvalue weighted by Crippen LogP contribution is -2.51. The fourth-order valence-corrected chi connectivity index (χ4v) is 2.46. The summed E-state index contributed by atoms with van der Waals surface area (Å²) in [5.41, 5.74) is 8.01. The summed E-state index contributed by atoms with van der Waals surface area (Å²) in [7, 11) is 0. The Morgan fingerprint density at radius 1 is 0.962 bits per heavy atom. The summed E-state index contributed by atoms with van der Waals surface area (Å²) < 4.78 is 0. The van der Waals surface area contributed by atoms with Gasteiger partial charge in [0.05, 0.1) is 6.04 Å². The Kier molecular flexibility index (Phi) is 6.63. The second-order valence-corrected chi connectivity index (χ2v) is 6.16. The molecule has 0 spiro atoms. The van der Waals surface area contributed by atoms with Crippen LogP contribution in [0.15, 0.2) is 54.6 Å². The Morgan fingerprint density at radius 2 is 1.58 bits per heavy atom. The number of amides is 3. The highest BCUT2D eigenvalue weighted by Gasteiger charge is 2.22. The van der Waals surface area contributed by atoms with Crippen molar-refractivity contribution >= 4 is 17.7 Å². The quantitative estimate of drug-likeness (QED) is 0.729. The van der Waals surface area contributed by atoms with Gasteiger partial charge < -0.3 is 11.1 Å². The second-order valence-electron chi connectivity index (χ2n) is 6.16. The number of imide groups is 1. The van der Waals surface area contributed by atoms with E-state index in [2.05, 4.69) is 10.6 Å². The van der Waals surface area contributed by atoms with Gasteiger partial charge in [-0.3, -0.25) is 19.7 Å². The summed E-state index contributed by atoms with van der Waals surface area (Å²) in [5.74, 6) is -1.53. The first kappa shape index (κ1) is 19.3. The Labute approximate surface area is 152 Å². The molecule has 6 heteroatoms. The summed E-state index contributed by atoms with van der Waals surface area (Å²) in [6, 6.07) is 14.7. The number of hydrogen-bond donors (Lipinski definition) is 3. The molecule has 6 nitrogen and oxygen atoms in total. The van der Waals surface area contributed by atoms with Crippen LogP contribution >= 0.6 is 0 Å². The number of carbonyl (C=O) groups excluding carboxylic acids is 3. The minimum absolute atomic E-state index is 0.364. The molecule has 0 saturated carbocycles. The van der Waals surface area contributed by atoms with Crippen LogP contribution in [0.5, 0.6) is 0 Å². The Balaban J connectivity index is 1.88. The number of nitrogens with one attached hydrogen (secondary N) is 2. The van der Waals surface area contributed by atoms with Gasteiger partial charge in [0.1, 0.15) is 6.04 Å². The molecule has 2 aromatic carbocycles. The van der Waals surface area contributed by atoms with Crippen LogP contribution in [0, 0.1) is 6.92 Å². The van der Waals surface area contributed by atoms with Gasteiger partial charge >= 0.3 is 0 Å². The van der Waals surface area contributed by atoms with E-state index in [-0.39, 0.29) is 0 Å². The van der Waals surface area contributed by atoms with Crippen molar-refractivity contribution < 1.29 is 14.4 Å². The molecule has 2 aromatic rings. The molecule has 0 aromatic heterocycles. The molecule has 0 bridgehead atoms. The minimum atomic E-state index is -0.878. The van der Waals surface area contributed by atoms with E-state index in [1.54, 1.807) is 25.1 Å². The van der Waals surface area contributed by atoms with Crippen molar-refractivity contribution in [3.63, 3.8) is 0 Å². The van der Waals surface area contributed by atoms with Gasteiger partial charge in [-0.25, -0.2) is 0 Å². The molecular weight excluding hydrogens is 330 g/mol. The lowest BCUT2D eigenvalue weighted by Gasteiger charge is -2.17. The zero-order chi connectivity index (χ0) is 19.1. The van der Waals surface area contributed by atoms with Crippen LogP contribution in [-0.4, -0.2) is 29.8 Å².